The molecular weight excluding hydrogens is 656 g/mol. The number of hydrazine groups is 1. The summed E-state index contributed by atoms with van der Waals surface area (Å²) in [6.45, 7) is 1.89. The van der Waals surface area contributed by atoms with Crippen LogP contribution >= 0.6 is 12.4 Å². The van der Waals surface area contributed by atoms with E-state index in [-0.39, 0.29) is 46.8 Å². The highest BCUT2D eigenvalue weighted by Crippen LogP contribution is 2.52. The average molecular weight is 695 g/mol. The molecule has 4 aliphatic rings. The van der Waals surface area contributed by atoms with E-state index in [1.807, 2.05) is 5.01 Å². The first-order valence-corrected chi connectivity index (χ1v) is 15.3. The number of nitrogens with one attached hydrogen (secondary N) is 1. The first-order chi connectivity index (χ1) is 22.4. The number of phenols is 2. The lowest BCUT2D eigenvalue weighted by atomic mass is 9.72. The van der Waals surface area contributed by atoms with Gasteiger partial charge in [-0.15, -0.1) is 12.4 Å². The molecule has 5 unspecified atom stereocenters. The number of ether oxygens (including phenoxy) is 5. The van der Waals surface area contributed by atoms with Gasteiger partial charge >= 0.3 is 0 Å². The molecule has 2 aliphatic heterocycles. The van der Waals surface area contributed by atoms with Crippen LogP contribution in [-0.4, -0.2) is 125 Å². The molecule has 262 valence electrons. The number of ketones is 3. The lowest BCUT2D eigenvalue weighted by molar-refractivity contribution is -0.256. The van der Waals surface area contributed by atoms with Gasteiger partial charge < -0.3 is 49.2 Å². The van der Waals surface area contributed by atoms with Crippen molar-refractivity contribution in [2.75, 3.05) is 40.5 Å². The van der Waals surface area contributed by atoms with Crippen LogP contribution in [0.1, 0.15) is 68.8 Å². The van der Waals surface area contributed by atoms with Gasteiger partial charge in [-0.2, -0.15) is 0 Å². The number of halogens is 1. The summed E-state index contributed by atoms with van der Waals surface area (Å²) >= 11 is 0. The van der Waals surface area contributed by atoms with E-state index in [4.69, 9.17) is 23.7 Å². The average Bonchev–Trinajstić information content (AvgIpc) is 3.06. The highest BCUT2D eigenvalue weighted by molar-refractivity contribution is 6.31. The number of fused-ring (bicyclic) bond motifs is 3. The van der Waals surface area contributed by atoms with Crippen molar-refractivity contribution in [2.45, 2.75) is 68.7 Å². The van der Waals surface area contributed by atoms with Gasteiger partial charge in [-0.05, 0) is 13.0 Å². The van der Waals surface area contributed by atoms with Crippen molar-refractivity contribution in [1.29, 1.82) is 0 Å². The summed E-state index contributed by atoms with van der Waals surface area (Å²) in [5.41, 5.74) is -0.400. The summed E-state index contributed by atoms with van der Waals surface area (Å²) in [4.78, 5) is 40.4. The Morgan fingerprint density at radius 2 is 1.83 bits per heavy atom. The molecule has 0 bridgehead atoms. The van der Waals surface area contributed by atoms with E-state index in [0.717, 1.165) is 0 Å². The second-order valence-corrected chi connectivity index (χ2v) is 12.2. The Hall–Kier alpha value is -3.22. The number of carbonyl (C=O) groups excluding carboxylic acids is 3. The van der Waals surface area contributed by atoms with Crippen LogP contribution in [0, 0.1) is 0 Å². The second kappa shape index (κ2) is 14.0. The summed E-state index contributed by atoms with van der Waals surface area (Å²) in [7, 11) is 2.85. The molecule has 0 spiro atoms. The maximum Gasteiger partial charge on any atom is 0.202 e. The zero-order chi connectivity index (χ0) is 33.8. The molecule has 15 nitrogen and oxygen atoms in total. The van der Waals surface area contributed by atoms with Crippen molar-refractivity contribution in [3.63, 3.8) is 0 Å². The third-order valence-corrected chi connectivity index (χ3v) is 9.41. The number of Topliss-reactive ketones (excluding diaryl/α,β-unsaturated/α-hetero) is 1. The molecular formula is C32H39ClN2O13. The Kier molecular flexibility index (Phi) is 10.5. The first kappa shape index (κ1) is 36.1. The number of hydrogen-bond donors (Lipinski definition) is 6. The maximum absolute atomic E-state index is 13.9. The Labute approximate surface area is 281 Å². The first-order valence-electron chi connectivity index (χ1n) is 15.3. The predicted octanol–water partition coefficient (Wildman–Crippen LogP) is 0.274. The van der Waals surface area contributed by atoms with Crippen LogP contribution in [0.25, 0.3) is 0 Å². The van der Waals surface area contributed by atoms with Crippen molar-refractivity contribution in [1.82, 2.24) is 10.4 Å². The van der Waals surface area contributed by atoms with Gasteiger partial charge in [-0.1, -0.05) is 12.1 Å². The fraction of sp³-hybridized carbons (Fsp3) is 0.531. The van der Waals surface area contributed by atoms with Gasteiger partial charge in [0.15, 0.2) is 24.1 Å². The number of phenolic OH excluding ortho intramolecular Hbond substituents is 2. The minimum Gasteiger partial charge on any atom is -0.507 e. The molecule has 0 radical (unpaired) electrons. The number of hydrogen-bond acceptors (Lipinski definition) is 15. The topological polar surface area (TPSA) is 214 Å². The number of morpholine rings is 1. The number of benzene rings is 2. The smallest absolute Gasteiger partial charge is 0.202 e. The van der Waals surface area contributed by atoms with E-state index in [2.05, 4.69) is 5.43 Å². The summed E-state index contributed by atoms with van der Waals surface area (Å²) in [6.07, 6.45) is -5.63. The monoisotopic (exact) mass is 694 g/mol. The normalized spacial score (nSPS) is 30.1. The highest BCUT2D eigenvalue weighted by Gasteiger charge is 2.50. The van der Waals surface area contributed by atoms with Crippen molar-refractivity contribution < 1.29 is 63.6 Å². The largest absolute Gasteiger partial charge is 0.507 e. The molecule has 0 amide bonds. The molecule has 2 aliphatic carbocycles. The molecule has 6 rings (SSSR count). The van der Waals surface area contributed by atoms with Crippen LogP contribution < -0.4 is 10.2 Å². The van der Waals surface area contributed by atoms with Crippen LogP contribution in [0.15, 0.2) is 18.2 Å². The minimum absolute atomic E-state index is 0. The number of aliphatic hydroxyl groups excluding tert-OH is 2. The van der Waals surface area contributed by atoms with Gasteiger partial charge in [0.25, 0.3) is 0 Å². The molecule has 0 aromatic heterocycles. The van der Waals surface area contributed by atoms with E-state index >= 15 is 0 Å². The molecule has 2 aromatic carbocycles. The lowest BCUT2D eigenvalue weighted by Crippen LogP contribution is -2.61. The van der Waals surface area contributed by atoms with Crippen LogP contribution in [0.2, 0.25) is 0 Å². The van der Waals surface area contributed by atoms with E-state index in [9.17, 15) is 39.9 Å². The summed E-state index contributed by atoms with van der Waals surface area (Å²) in [6, 6.07) is 3.80. The Morgan fingerprint density at radius 1 is 1.10 bits per heavy atom. The van der Waals surface area contributed by atoms with Gasteiger partial charge in [0.2, 0.25) is 5.78 Å². The van der Waals surface area contributed by atoms with Crippen LogP contribution in [0.5, 0.6) is 17.2 Å². The van der Waals surface area contributed by atoms with Crippen molar-refractivity contribution >= 4 is 29.8 Å². The highest BCUT2D eigenvalue weighted by atomic mass is 35.5. The third-order valence-electron chi connectivity index (χ3n) is 9.41. The minimum atomic E-state index is -2.27. The van der Waals surface area contributed by atoms with Crippen molar-refractivity contribution in [2.24, 2.45) is 0 Å². The van der Waals surface area contributed by atoms with Gasteiger partial charge in [0.1, 0.15) is 29.5 Å². The summed E-state index contributed by atoms with van der Waals surface area (Å²) < 4.78 is 28.4. The number of methoxy groups -OCH3 is 2. The molecule has 2 aromatic rings. The number of nitrogens with zero attached hydrogens (tertiary/aromatic N) is 1. The van der Waals surface area contributed by atoms with Crippen LogP contribution in [-0.2, 0) is 30.2 Å². The molecule has 2 saturated heterocycles. The second-order valence-electron chi connectivity index (χ2n) is 12.2. The Morgan fingerprint density at radius 3 is 2.52 bits per heavy atom. The molecule has 2 fully saturated rings. The predicted molar refractivity (Wildman–Crippen MR) is 166 cm³/mol. The number of aromatic hydroxyl groups is 2. The van der Waals surface area contributed by atoms with Gasteiger partial charge in [0.05, 0.1) is 61.3 Å². The SMILES string of the molecule is COc1cccc2c1C(=O)c1c(O)c3c(c(O)c1C2=O)C[C@@](O)(C(=O)CO)C[C@@H]3OC1CC(NN2CCOC(OC)C2)C(O)C(C)O1.Cl. The molecule has 16 heteroatoms. The molecule has 6 N–H and O–H groups in total. The van der Waals surface area contributed by atoms with Gasteiger partial charge in [-0.25, -0.2) is 10.4 Å². The van der Waals surface area contributed by atoms with Crippen molar-refractivity contribution in [3.05, 3.63) is 51.6 Å². The molecule has 2 heterocycles. The number of rotatable bonds is 8. The van der Waals surface area contributed by atoms with Crippen molar-refractivity contribution in [3.8, 4) is 17.2 Å². The quantitative estimate of drug-likeness (QED) is 0.175. The molecule has 48 heavy (non-hydrogen) atoms. The summed E-state index contributed by atoms with van der Waals surface area (Å²) in [5.74, 6) is -3.79. The lowest BCUT2D eigenvalue weighted by Gasteiger charge is -2.44. The number of aliphatic hydroxyl groups is 3. The van der Waals surface area contributed by atoms with E-state index < -0.39 is 102 Å². The fourth-order valence-corrected chi connectivity index (χ4v) is 6.96. The fourth-order valence-electron chi connectivity index (χ4n) is 6.96. The molecule has 7 atom stereocenters. The van der Waals surface area contributed by atoms with Gasteiger partial charge in [0, 0.05) is 49.6 Å². The zero-order valence-corrected chi connectivity index (χ0v) is 27.3. The standard InChI is InChI=1S/C32H38N2O13.ClH/c1-14-27(37)17(33-34-7-8-45-22(12-34)44-3)9-21(46-14)47-19-11-32(42,20(36)13-35)10-16-24(19)31(41)26-25(29(16)39)28(38)15-5-4-6-18(43-2)23(15)30(26)40;/h4-6,14,17,19,21-22,27,33,35,37,39,41-42H,7-13H2,1-3H3;1H/t14?,17?,19-,21?,22?,27?,32-;/m0./s1. The van der Waals surface area contributed by atoms with Gasteiger partial charge in [-0.3, -0.25) is 14.4 Å². The Balaban J connectivity index is 0.00000451. The maximum atomic E-state index is 13.9. The third kappa shape index (κ3) is 6.08. The zero-order valence-electron chi connectivity index (χ0n) is 26.5. The Bertz CT molecular complexity index is 1600. The van der Waals surface area contributed by atoms with E-state index in [1.54, 1.807) is 6.92 Å². The van der Waals surface area contributed by atoms with Crippen LogP contribution in [0.3, 0.4) is 0 Å². The number of carbonyl (C=O) groups is 3. The van der Waals surface area contributed by atoms with E-state index in [1.165, 1.54) is 32.4 Å². The van der Waals surface area contributed by atoms with E-state index in [0.29, 0.717) is 19.7 Å². The van der Waals surface area contributed by atoms with Crippen LogP contribution in [0.4, 0.5) is 0 Å². The summed E-state index contributed by atoms with van der Waals surface area (Å²) in [5, 5.41) is 57.2. The molecule has 0 saturated carbocycles.